The molecule has 2 atom stereocenters. The van der Waals surface area contributed by atoms with Crippen LogP contribution in [0.5, 0.6) is 0 Å². The van der Waals surface area contributed by atoms with Gasteiger partial charge in [-0.3, -0.25) is 4.98 Å². The molecule has 2 amide bonds. The SMILES string of the molecule is CCN(C(=O)N[C@H](C)Cc1ccccc1F)[C@H](C)c1cccnc1. The molecule has 2 aromatic rings. The van der Waals surface area contributed by atoms with Gasteiger partial charge >= 0.3 is 6.03 Å². The minimum Gasteiger partial charge on any atom is -0.335 e. The summed E-state index contributed by atoms with van der Waals surface area (Å²) in [5.41, 5.74) is 1.59. The Morgan fingerprint density at radius 3 is 2.62 bits per heavy atom. The Bertz CT molecular complexity index is 663. The number of rotatable bonds is 6. The van der Waals surface area contributed by atoms with Crippen LogP contribution in [-0.4, -0.2) is 28.5 Å². The Morgan fingerprint density at radius 1 is 1.25 bits per heavy atom. The molecule has 0 aliphatic carbocycles. The minimum absolute atomic E-state index is 0.0793. The van der Waals surface area contributed by atoms with Gasteiger partial charge in [-0.25, -0.2) is 9.18 Å². The van der Waals surface area contributed by atoms with Crippen LogP contribution in [0.15, 0.2) is 48.8 Å². The van der Waals surface area contributed by atoms with E-state index in [2.05, 4.69) is 10.3 Å². The average molecular weight is 329 g/mol. The molecule has 1 aromatic heterocycles. The number of benzene rings is 1. The molecule has 0 saturated carbocycles. The molecule has 0 fully saturated rings. The molecule has 1 heterocycles. The summed E-state index contributed by atoms with van der Waals surface area (Å²) in [4.78, 5) is 18.4. The third-order valence-electron chi connectivity index (χ3n) is 4.09. The molecule has 1 N–H and O–H groups in total. The first-order valence-corrected chi connectivity index (χ1v) is 8.23. The highest BCUT2D eigenvalue weighted by molar-refractivity contribution is 5.75. The smallest absolute Gasteiger partial charge is 0.318 e. The van der Waals surface area contributed by atoms with Gasteiger partial charge in [0.1, 0.15) is 5.82 Å². The number of urea groups is 1. The van der Waals surface area contributed by atoms with E-state index in [0.29, 0.717) is 18.5 Å². The zero-order valence-corrected chi connectivity index (χ0v) is 14.4. The third kappa shape index (κ3) is 4.54. The van der Waals surface area contributed by atoms with Crippen LogP contribution in [0.4, 0.5) is 9.18 Å². The van der Waals surface area contributed by atoms with Crippen molar-refractivity contribution in [3.8, 4) is 0 Å². The normalized spacial score (nSPS) is 13.2. The molecular formula is C19H24FN3O. The van der Waals surface area contributed by atoms with E-state index >= 15 is 0 Å². The van der Waals surface area contributed by atoms with E-state index in [1.807, 2.05) is 32.9 Å². The second-order valence-corrected chi connectivity index (χ2v) is 5.89. The lowest BCUT2D eigenvalue weighted by Gasteiger charge is -2.30. The van der Waals surface area contributed by atoms with Gasteiger partial charge in [0, 0.05) is 25.0 Å². The van der Waals surface area contributed by atoms with Gasteiger partial charge in [0.25, 0.3) is 0 Å². The summed E-state index contributed by atoms with van der Waals surface area (Å²) in [6.07, 6.45) is 3.93. The van der Waals surface area contributed by atoms with E-state index in [4.69, 9.17) is 0 Å². The molecule has 24 heavy (non-hydrogen) atoms. The Morgan fingerprint density at radius 2 is 2.00 bits per heavy atom. The maximum atomic E-state index is 13.7. The largest absolute Gasteiger partial charge is 0.335 e. The molecule has 0 aliphatic rings. The Hall–Kier alpha value is -2.43. The first-order chi connectivity index (χ1) is 11.5. The third-order valence-corrected chi connectivity index (χ3v) is 4.09. The molecule has 5 heteroatoms. The maximum Gasteiger partial charge on any atom is 0.318 e. The van der Waals surface area contributed by atoms with Crippen LogP contribution >= 0.6 is 0 Å². The molecule has 128 valence electrons. The van der Waals surface area contributed by atoms with E-state index in [9.17, 15) is 9.18 Å². The van der Waals surface area contributed by atoms with Crippen molar-refractivity contribution in [2.45, 2.75) is 39.3 Å². The lowest BCUT2D eigenvalue weighted by atomic mass is 10.1. The van der Waals surface area contributed by atoms with Crippen LogP contribution in [0, 0.1) is 5.82 Å². The highest BCUT2D eigenvalue weighted by Gasteiger charge is 2.21. The van der Waals surface area contributed by atoms with Crippen molar-refractivity contribution >= 4 is 6.03 Å². The van der Waals surface area contributed by atoms with E-state index in [1.54, 1.807) is 35.5 Å². The van der Waals surface area contributed by atoms with Gasteiger partial charge in [-0.2, -0.15) is 0 Å². The fraction of sp³-hybridized carbons (Fsp3) is 0.368. The van der Waals surface area contributed by atoms with Gasteiger partial charge in [-0.05, 0) is 50.5 Å². The first kappa shape index (κ1) is 17.9. The van der Waals surface area contributed by atoms with Gasteiger partial charge in [0.15, 0.2) is 0 Å². The zero-order valence-electron chi connectivity index (χ0n) is 14.4. The predicted octanol–water partition coefficient (Wildman–Crippen LogP) is 3.94. The Balaban J connectivity index is 2.00. The second kappa shape index (κ2) is 8.43. The van der Waals surface area contributed by atoms with E-state index in [0.717, 1.165) is 5.56 Å². The van der Waals surface area contributed by atoms with Gasteiger partial charge in [0.2, 0.25) is 0 Å². The van der Waals surface area contributed by atoms with Crippen LogP contribution in [-0.2, 0) is 6.42 Å². The number of amides is 2. The summed E-state index contributed by atoms with van der Waals surface area (Å²) in [6, 6.07) is 10.1. The van der Waals surface area contributed by atoms with Crippen LogP contribution in [0.2, 0.25) is 0 Å². The number of halogens is 1. The van der Waals surface area contributed by atoms with Crippen LogP contribution in [0.1, 0.15) is 37.9 Å². The van der Waals surface area contributed by atoms with Crippen LogP contribution < -0.4 is 5.32 Å². The van der Waals surface area contributed by atoms with Gasteiger partial charge < -0.3 is 10.2 Å². The maximum absolute atomic E-state index is 13.7. The second-order valence-electron chi connectivity index (χ2n) is 5.89. The van der Waals surface area contributed by atoms with E-state index < -0.39 is 0 Å². The average Bonchev–Trinajstić information content (AvgIpc) is 2.58. The molecule has 0 radical (unpaired) electrons. The van der Waals surface area contributed by atoms with Gasteiger partial charge in [-0.15, -0.1) is 0 Å². The molecule has 0 saturated heterocycles. The van der Waals surface area contributed by atoms with Crippen LogP contribution in [0.3, 0.4) is 0 Å². The lowest BCUT2D eigenvalue weighted by Crippen LogP contribution is -2.45. The Kier molecular flexibility index (Phi) is 6.29. The molecule has 0 spiro atoms. The summed E-state index contributed by atoms with van der Waals surface area (Å²) in [5, 5.41) is 2.96. The quantitative estimate of drug-likeness (QED) is 0.872. The zero-order chi connectivity index (χ0) is 17.5. The van der Waals surface area contributed by atoms with Crippen molar-refractivity contribution in [2.75, 3.05) is 6.54 Å². The van der Waals surface area contributed by atoms with Crippen molar-refractivity contribution in [1.29, 1.82) is 0 Å². The lowest BCUT2D eigenvalue weighted by molar-refractivity contribution is 0.179. The van der Waals surface area contributed by atoms with Crippen LogP contribution in [0.25, 0.3) is 0 Å². The molecular weight excluding hydrogens is 305 g/mol. The number of pyridine rings is 1. The minimum atomic E-state index is -0.241. The fourth-order valence-electron chi connectivity index (χ4n) is 2.73. The van der Waals surface area contributed by atoms with E-state index in [1.165, 1.54) is 6.07 Å². The van der Waals surface area contributed by atoms with Gasteiger partial charge in [-0.1, -0.05) is 24.3 Å². The van der Waals surface area contributed by atoms with Crippen molar-refractivity contribution in [2.24, 2.45) is 0 Å². The number of nitrogens with zero attached hydrogens (tertiary/aromatic N) is 2. The number of carbonyl (C=O) groups excluding carboxylic acids is 1. The molecule has 4 nitrogen and oxygen atoms in total. The number of carbonyl (C=O) groups is 1. The first-order valence-electron chi connectivity index (χ1n) is 8.23. The number of aromatic nitrogens is 1. The number of hydrogen-bond acceptors (Lipinski definition) is 2. The predicted molar refractivity (Wildman–Crippen MR) is 93.1 cm³/mol. The Labute approximate surface area is 142 Å². The molecule has 0 aliphatic heterocycles. The molecule has 0 unspecified atom stereocenters. The summed E-state index contributed by atoms with van der Waals surface area (Å²) in [6.45, 7) is 6.37. The number of hydrogen-bond donors (Lipinski definition) is 1. The summed E-state index contributed by atoms with van der Waals surface area (Å²) >= 11 is 0. The molecule has 0 bridgehead atoms. The monoisotopic (exact) mass is 329 g/mol. The van der Waals surface area contributed by atoms with Crippen molar-refractivity contribution in [3.05, 3.63) is 65.7 Å². The standard InChI is InChI=1S/C19H24FN3O/c1-4-23(15(3)17-9-7-11-21-13-17)19(24)22-14(2)12-16-8-5-6-10-18(16)20/h5-11,13-15H,4,12H2,1-3H3,(H,22,24)/t14-,15-/m1/s1. The van der Waals surface area contributed by atoms with Crippen molar-refractivity contribution in [1.82, 2.24) is 15.2 Å². The fourth-order valence-corrected chi connectivity index (χ4v) is 2.73. The van der Waals surface area contributed by atoms with E-state index in [-0.39, 0.29) is 23.9 Å². The molecule has 1 aromatic carbocycles. The highest BCUT2D eigenvalue weighted by atomic mass is 19.1. The topological polar surface area (TPSA) is 45.2 Å². The van der Waals surface area contributed by atoms with Crippen molar-refractivity contribution < 1.29 is 9.18 Å². The van der Waals surface area contributed by atoms with Crippen molar-refractivity contribution in [3.63, 3.8) is 0 Å². The van der Waals surface area contributed by atoms with Gasteiger partial charge in [0.05, 0.1) is 6.04 Å². The number of nitrogens with one attached hydrogen (secondary N) is 1. The summed E-state index contributed by atoms with van der Waals surface area (Å²) in [5.74, 6) is -0.241. The highest BCUT2D eigenvalue weighted by Crippen LogP contribution is 2.19. The summed E-state index contributed by atoms with van der Waals surface area (Å²) in [7, 11) is 0. The summed E-state index contributed by atoms with van der Waals surface area (Å²) < 4.78 is 13.7. The molecule has 2 rings (SSSR count).